The summed E-state index contributed by atoms with van der Waals surface area (Å²) >= 11 is 0. The normalized spacial score (nSPS) is 10.6. The lowest BCUT2D eigenvalue weighted by molar-refractivity contribution is -0.00337. The fraction of sp³-hybridized carbons (Fsp3) is 0.533. The summed E-state index contributed by atoms with van der Waals surface area (Å²) in [6.45, 7) is 0.378. The number of aliphatic hydroxyl groups excluding tert-OH is 1. The van der Waals surface area contributed by atoms with Crippen LogP contribution in [0.15, 0.2) is 5.11 Å². The molecule has 156 valence electrons. The van der Waals surface area contributed by atoms with Crippen molar-refractivity contribution in [2.75, 3.05) is 52.9 Å². The van der Waals surface area contributed by atoms with E-state index in [4.69, 9.17) is 24.8 Å². The van der Waals surface area contributed by atoms with Crippen LogP contribution in [0, 0.1) is 23.3 Å². The topological polar surface area (TPSA) is 123 Å². The Kier molecular flexibility index (Phi) is 10.8. The van der Waals surface area contributed by atoms with Crippen LogP contribution in [-0.4, -0.2) is 63.9 Å². The summed E-state index contributed by atoms with van der Waals surface area (Å²) in [7, 11) is 0. The second-order valence-corrected chi connectivity index (χ2v) is 4.87. The Morgan fingerprint density at radius 2 is 1.32 bits per heavy atom. The predicted molar refractivity (Wildman–Crippen MR) is 84.9 cm³/mol. The second kappa shape index (κ2) is 12.9. The van der Waals surface area contributed by atoms with E-state index >= 15 is 0 Å². The minimum atomic E-state index is -2.04. The zero-order chi connectivity index (χ0) is 20.9. The number of esters is 1. The van der Waals surface area contributed by atoms with Gasteiger partial charge < -0.3 is 24.1 Å². The van der Waals surface area contributed by atoms with E-state index in [1.165, 1.54) is 0 Å². The van der Waals surface area contributed by atoms with E-state index in [1.807, 2.05) is 4.91 Å². The third kappa shape index (κ3) is 6.94. The number of rotatable bonds is 13. The van der Waals surface area contributed by atoms with Gasteiger partial charge in [-0.05, 0) is 5.53 Å². The lowest BCUT2D eigenvalue weighted by Crippen LogP contribution is -2.17. The Labute approximate surface area is 156 Å². The molecule has 1 aromatic carbocycles. The average Bonchev–Trinajstić information content (AvgIpc) is 2.68. The lowest BCUT2D eigenvalue weighted by atomic mass is 10.1. The van der Waals surface area contributed by atoms with Crippen LogP contribution in [0.3, 0.4) is 0 Å². The van der Waals surface area contributed by atoms with Crippen LogP contribution in [0.5, 0.6) is 0 Å². The summed E-state index contributed by atoms with van der Waals surface area (Å²) in [6, 6.07) is 0. The molecule has 28 heavy (non-hydrogen) atoms. The van der Waals surface area contributed by atoms with Gasteiger partial charge in [0.05, 0.1) is 46.2 Å². The first-order chi connectivity index (χ1) is 13.5. The van der Waals surface area contributed by atoms with E-state index in [0.29, 0.717) is 6.61 Å². The summed E-state index contributed by atoms with van der Waals surface area (Å²) in [6.07, 6.45) is 0. The zero-order valence-electron chi connectivity index (χ0n) is 14.5. The highest BCUT2D eigenvalue weighted by Crippen LogP contribution is 2.30. The van der Waals surface area contributed by atoms with E-state index < -0.39 is 47.1 Å². The Balaban J connectivity index is 2.41. The van der Waals surface area contributed by atoms with Crippen LogP contribution in [0.1, 0.15) is 10.4 Å². The molecule has 0 spiro atoms. The number of aliphatic hydroxyl groups is 1. The maximum atomic E-state index is 13.8. The van der Waals surface area contributed by atoms with Crippen LogP contribution >= 0.6 is 0 Å². The maximum Gasteiger partial charge on any atom is 0.344 e. The Hall–Kier alpha value is -2.44. The molecule has 0 bridgehead atoms. The van der Waals surface area contributed by atoms with E-state index in [1.54, 1.807) is 0 Å². The van der Waals surface area contributed by atoms with Gasteiger partial charge in [-0.2, -0.15) is 0 Å². The number of carbonyl (C=O) groups is 1. The SMILES string of the molecule is [N-]=[N+]=Nc1c(F)c(F)c(C(=O)OCCOCCOCCOCCO)c(F)c1F. The molecule has 1 rings (SSSR count). The summed E-state index contributed by atoms with van der Waals surface area (Å²) in [5.74, 6) is -9.76. The first-order valence-corrected chi connectivity index (χ1v) is 7.87. The van der Waals surface area contributed by atoms with Crippen molar-refractivity contribution in [1.29, 1.82) is 0 Å². The van der Waals surface area contributed by atoms with Gasteiger partial charge in [-0.1, -0.05) is 5.11 Å². The molecule has 0 saturated carbocycles. The largest absolute Gasteiger partial charge is 0.459 e. The Bertz CT molecular complexity index is 687. The highest BCUT2D eigenvalue weighted by molar-refractivity contribution is 5.90. The molecular weight excluding hydrogens is 394 g/mol. The first kappa shape index (κ1) is 23.6. The number of benzene rings is 1. The maximum absolute atomic E-state index is 13.8. The average molecular weight is 411 g/mol. The van der Waals surface area contributed by atoms with Gasteiger partial charge in [-0.15, -0.1) is 0 Å². The van der Waals surface area contributed by atoms with E-state index in [2.05, 4.69) is 9.85 Å². The number of carbonyl (C=O) groups excluding carboxylic acids is 1. The quantitative estimate of drug-likeness (QED) is 0.101. The monoisotopic (exact) mass is 411 g/mol. The van der Waals surface area contributed by atoms with E-state index in [-0.39, 0.29) is 39.6 Å². The molecule has 0 amide bonds. The van der Waals surface area contributed by atoms with Gasteiger partial charge in [0.15, 0.2) is 23.3 Å². The van der Waals surface area contributed by atoms with Crippen molar-refractivity contribution in [2.24, 2.45) is 5.11 Å². The smallest absolute Gasteiger partial charge is 0.344 e. The van der Waals surface area contributed by atoms with Crippen LogP contribution in [0.4, 0.5) is 23.2 Å². The van der Waals surface area contributed by atoms with Crippen LogP contribution in [0.25, 0.3) is 10.4 Å². The predicted octanol–water partition coefficient (Wildman–Crippen LogP) is 2.38. The summed E-state index contributed by atoms with van der Waals surface area (Å²) in [5.41, 5.74) is 5.03. The second-order valence-electron chi connectivity index (χ2n) is 4.87. The van der Waals surface area contributed by atoms with Crippen molar-refractivity contribution in [2.45, 2.75) is 0 Å². The van der Waals surface area contributed by atoms with Gasteiger partial charge in [0, 0.05) is 4.91 Å². The zero-order valence-corrected chi connectivity index (χ0v) is 14.5. The van der Waals surface area contributed by atoms with Crippen LogP contribution in [-0.2, 0) is 18.9 Å². The molecule has 0 aliphatic rings. The lowest BCUT2D eigenvalue weighted by Gasteiger charge is -2.10. The van der Waals surface area contributed by atoms with Crippen molar-refractivity contribution in [3.63, 3.8) is 0 Å². The molecule has 0 fully saturated rings. The van der Waals surface area contributed by atoms with Gasteiger partial charge in [0.25, 0.3) is 0 Å². The minimum absolute atomic E-state index is 0.0904. The van der Waals surface area contributed by atoms with Crippen molar-refractivity contribution < 1.29 is 46.4 Å². The van der Waals surface area contributed by atoms with E-state index in [0.717, 1.165) is 0 Å². The number of azide groups is 1. The highest BCUT2D eigenvalue weighted by Gasteiger charge is 2.29. The minimum Gasteiger partial charge on any atom is -0.459 e. The number of hydrogen-bond acceptors (Lipinski definition) is 7. The van der Waals surface area contributed by atoms with Crippen molar-refractivity contribution in [3.05, 3.63) is 39.3 Å². The fourth-order valence-corrected chi connectivity index (χ4v) is 1.80. The first-order valence-electron chi connectivity index (χ1n) is 7.87. The molecule has 0 aliphatic carbocycles. The summed E-state index contributed by atoms with van der Waals surface area (Å²) < 4.78 is 74.3. The Morgan fingerprint density at radius 1 is 0.857 bits per heavy atom. The molecule has 1 N–H and O–H groups in total. The van der Waals surface area contributed by atoms with Gasteiger partial charge in [0.1, 0.15) is 17.9 Å². The molecule has 0 atom stereocenters. The van der Waals surface area contributed by atoms with Crippen LogP contribution in [0.2, 0.25) is 0 Å². The Morgan fingerprint density at radius 3 is 1.79 bits per heavy atom. The molecule has 0 radical (unpaired) electrons. The van der Waals surface area contributed by atoms with Gasteiger partial charge >= 0.3 is 5.97 Å². The molecule has 0 unspecified atom stereocenters. The third-order valence-electron chi connectivity index (χ3n) is 3.03. The van der Waals surface area contributed by atoms with Crippen LogP contribution < -0.4 is 0 Å². The summed E-state index contributed by atoms with van der Waals surface area (Å²) in [4.78, 5) is 13.7. The van der Waals surface area contributed by atoms with Gasteiger partial charge in [-0.25, -0.2) is 22.4 Å². The molecular formula is C15H17F4N3O6. The highest BCUT2D eigenvalue weighted by atomic mass is 19.2. The third-order valence-corrected chi connectivity index (χ3v) is 3.03. The molecule has 1 aromatic rings. The molecule has 9 nitrogen and oxygen atoms in total. The molecule has 0 aromatic heterocycles. The van der Waals surface area contributed by atoms with E-state index in [9.17, 15) is 22.4 Å². The number of halogens is 4. The number of ether oxygens (including phenoxy) is 4. The molecule has 0 saturated heterocycles. The number of hydrogen-bond donors (Lipinski definition) is 1. The summed E-state index contributed by atoms with van der Waals surface area (Å²) in [5, 5.41) is 11.0. The van der Waals surface area contributed by atoms with Gasteiger partial charge in [0.2, 0.25) is 0 Å². The molecule has 0 heterocycles. The molecule has 13 heteroatoms. The van der Waals surface area contributed by atoms with Gasteiger partial charge in [-0.3, -0.25) is 0 Å². The fourth-order valence-electron chi connectivity index (χ4n) is 1.80. The van der Waals surface area contributed by atoms with Crippen molar-refractivity contribution in [1.82, 2.24) is 0 Å². The molecule has 0 aliphatic heterocycles. The standard InChI is InChI=1S/C15H17F4N3O6/c16-10-9(11(17)13(19)14(12(10)18)21-22-20)15(24)28-8-7-27-6-5-26-4-3-25-2-1-23/h23H,1-8H2. The number of nitrogens with zero attached hydrogens (tertiary/aromatic N) is 3. The van der Waals surface area contributed by atoms with Crippen molar-refractivity contribution in [3.8, 4) is 0 Å². The van der Waals surface area contributed by atoms with Crippen molar-refractivity contribution >= 4 is 11.7 Å².